The Kier molecular flexibility index (Phi) is 6.81. The van der Waals surface area contributed by atoms with Gasteiger partial charge in [-0.25, -0.2) is 0 Å². The van der Waals surface area contributed by atoms with Gasteiger partial charge in [0.1, 0.15) is 5.82 Å². The van der Waals surface area contributed by atoms with Crippen molar-refractivity contribution in [2.24, 2.45) is 11.7 Å². The monoisotopic (exact) mass is 265 g/mol. The molecule has 1 rings (SSSR count). The fourth-order valence-corrected chi connectivity index (χ4v) is 1.73. The van der Waals surface area contributed by atoms with E-state index in [0.717, 1.165) is 19.4 Å². The first-order chi connectivity index (χ1) is 9.21. The van der Waals surface area contributed by atoms with Crippen LogP contribution in [0.15, 0.2) is 12.1 Å². The molecule has 1 aromatic heterocycles. The number of amides is 1. The third kappa shape index (κ3) is 5.21. The van der Waals surface area contributed by atoms with Crippen LogP contribution in [0.1, 0.15) is 37.2 Å². The van der Waals surface area contributed by atoms with Gasteiger partial charge in [0.25, 0.3) is 5.91 Å². The van der Waals surface area contributed by atoms with Crippen molar-refractivity contribution in [3.05, 3.63) is 17.8 Å². The van der Waals surface area contributed by atoms with Crippen molar-refractivity contribution in [1.29, 1.82) is 0 Å². The molecule has 0 aromatic carbocycles. The lowest BCUT2D eigenvalue weighted by Gasteiger charge is -2.14. The first-order valence-corrected chi connectivity index (χ1v) is 6.77. The molecule has 0 aliphatic rings. The van der Waals surface area contributed by atoms with Crippen LogP contribution in [0.4, 0.5) is 5.82 Å². The van der Waals surface area contributed by atoms with Gasteiger partial charge in [-0.2, -0.15) is 0 Å². The summed E-state index contributed by atoms with van der Waals surface area (Å²) >= 11 is 0. The van der Waals surface area contributed by atoms with Crippen LogP contribution in [0.3, 0.4) is 0 Å². The van der Waals surface area contributed by atoms with Gasteiger partial charge in [-0.3, -0.25) is 4.79 Å². The standard InChI is InChI=1S/C13H23N5O/c1-3-10(7-8-14)9-16-12-6-5-11(17-18-12)13(19)15-4-2/h5-6,10H,3-4,7-9,14H2,1-2H3,(H,15,19)(H,16,18). The van der Waals surface area contributed by atoms with Crippen molar-refractivity contribution in [2.75, 3.05) is 25.0 Å². The average molecular weight is 265 g/mol. The summed E-state index contributed by atoms with van der Waals surface area (Å²) < 4.78 is 0. The number of anilines is 1. The summed E-state index contributed by atoms with van der Waals surface area (Å²) in [7, 11) is 0. The van der Waals surface area contributed by atoms with Gasteiger partial charge in [0.15, 0.2) is 5.69 Å². The second-order valence-corrected chi connectivity index (χ2v) is 4.40. The molecular formula is C13H23N5O. The Hall–Kier alpha value is -1.69. The second kappa shape index (κ2) is 8.42. The van der Waals surface area contributed by atoms with E-state index in [-0.39, 0.29) is 5.91 Å². The van der Waals surface area contributed by atoms with Gasteiger partial charge in [-0.05, 0) is 37.9 Å². The molecule has 1 aromatic rings. The number of nitrogens with one attached hydrogen (secondary N) is 2. The summed E-state index contributed by atoms with van der Waals surface area (Å²) in [5.74, 6) is 1.02. The van der Waals surface area contributed by atoms with E-state index in [1.807, 2.05) is 6.92 Å². The van der Waals surface area contributed by atoms with Crippen molar-refractivity contribution >= 4 is 11.7 Å². The number of nitrogens with two attached hydrogens (primary N) is 1. The molecular weight excluding hydrogens is 242 g/mol. The fraction of sp³-hybridized carbons (Fsp3) is 0.615. The highest BCUT2D eigenvalue weighted by molar-refractivity contribution is 5.92. The SMILES string of the molecule is CCNC(=O)c1ccc(NCC(CC)CCN)nn1. The Morgan fingerprint density at radius 3 is 2.68 bits per heavy atom. The lowest BCUT2D eigenvalue weighted by Crippen LogP contribution is -2.24. The minimum absolute atomic E-state index is 0.198. The number of carbonyl (C=O) groups is 1. The maximum absolute atomic E-state index is 11.5. The van der Waals surface area contributed by atoms with Crippen molar-refractivity contribution in [3.63, 3.8) is 0 Å². The molecule has 0 spiro atoms. The maximum atomic E-state index is 11.5. The van der Waals surface area contributed by atoms with E-state index in [0.29, 0.717) is 30.5 Å². The topological polar surface area (TPSA) is 92.9 Å². The molecule has 0 saturated carbocycles. The predicted octanol–water partition coefficient (Wildman–Crippen LogP) is 1.01. The van der Waals surface area contributed by atoms with Crippen LogP contribution >= 0.6 is 0 Å². The number of aromatic nitrogens is 2. The van der Waals surface area contributed by atoms with Gasteiger partial charge < -0.3 is 16.4 Å². The molecule has 106 valence electrons. The van der Waals surface area contributed by atoms with Gasteiger partial charge in [0.2, 0.25) is 0 Å². The smallest absolute Gasteiger partial charge is 0.271 e. The van der Waals surface area contributed by atoms with Crippen molar-refractivity contribution in [1.82, 2.24) is 15.5 Å². The molecule has 0 aliphatic heterocycles. The van der Waals surface area contributed by atoms with E-state index >= 15 is 0 Å². The zero-order chi connectivity index (χ0) is 14.1. The summed E-state index contributed by atoms with van der Waals surface area (Å²) in [5.41, 5.74) is 5.89. The first-order valence-electron chi connectivity index (χ1n) is 6.77. The van der Waals surface area contributed by atoms with Crippen LogP contribution in [0.25, 0.3) is 0 Å². The highest BCUT2D eigenvalue weighted by Gasteiger charge is 2.08. The van der Waals surface area contributed by atoms with Crippen molar-refractivity contribution in [2.45, 2.75) is 26.7 Å². The van der Waals surface area contributed by atoms with Gasteiger partial charge >= 0.3 is 0 Å². The van der Waals surface area contributed by atoms with E-state index in [1.54, 1.807) is 12.1 Å². The normalized spacial score (nSPS) is 11.9. The average Bonchev–Trinajstić information content (AvgIpc) is 2.44. The fourth-order valence-electron chi connectivity index (χ4n) is 1.73. The molecule has 0 radical (unpaired) electrons. The van der Waals surface area contributed by atoms with Gasteiger partial charge in [0.05, 0.1) is 0 Å². The number of nitrogens with zero attached hydrogens (tertiary/aromatic N) is 2. The van der Waals surface area contributed by atoms with Gasteiger partial charge in [-0.1, -0.05) is 13.3 Å². The third-order valence-electron chi connectivity index (χ3n) is 2.96. The summed E-state index contributed by atoms with van der Waals surface area (Å²) in [6.07, 6.45) is 2.07. The molecule has 0 bridgehead atoms. The zero-order valence-corrected chi connectivity index (χ0v) is 11.6. The molecule has 0 fully saturated rings. The molecule has 1 heterocycles. The van der Waals surface area contributed by atoms with E-state index in [4.69, 9.17) is 5.73 Å². The van der Waals surface area contributed by atoms with Gasteiger partial charge in [-0.15, -0.1) is 10.2 Å². The van der Waals surface area contributed by atoms with E-state index in [1.165, 1.54) is 0 Å². The number of rotatable bonds is 8. The quantitative estimate of drug-likeness (QED) is 0.652. The highest BCUT2D eigenvalue weighted by Crippen LogP contribution is 2.09. The molecule has 19 heavy (non-hydrogen) atoms. The third-order valence-corrected chi connectivity index (χ3v) is 2.96. The molecule has 6 heteroatoms. The van der Waals surface area contributed by atoms with Crippen molar-refractivity contribution < 1.29 is 4.79 Å². The zero-order valence-electron chi connectivity index (χ0n) is 11.6. The first kappa shape index (κ1) is 15.4. The van der Waals surface area contributed by atoms with E-state index in [9.17, 15) is 4.79 Å². The molecule has 1 amide bonds. The number of hydrogen-bond acceptors (Lipinski definition) is 5. The number of hydrogen-bond donors (Lipinski definition) is 3. The van der Waals surface area contributed by atoms with E-state index in [2.05, 4.69) is 27.8 Å². The Balaban J connectivity index is 2.50. The largest absolute Gasteiger partial charge is 0.368 e. The second-order valence-electron chi connectivity index (χ2n) is 4.40. The summed E-state index contributed by atoms with van der Waals surface area (Å²) in [6, 6.07) is 3.44. The van der Waals surface area contributed by atoms with E-state index < -0.39 is 0 Å². The minimum Gasteiger partial charge on any atom is -0.368 e. The van der Waals surface area contributed by atoms with Crippen LogP contribution in [-0.4, -0.2) is 35.7 Å². The van der Waals surface area contributed by atoms with Crippen LogP contribution in [0.5, 0.6) is 0 Å². The molecule has 4 N–H and O–H groups in total. The van der Waals surface area contributed by atoms with Crippen LogP contribution in [0.2, 0.25) is 0 Å². The Labute approximate surface area is 114 Å². The molecule has 1 atom stereocenters. The lowest BCUT2D eigenvalue weighted by molar-refractivity contribution is 0.0950. The van der Waals surface area contributed by atoms with Crippen molar-refractivity contribution in [3.8, 4) is 0 Å². The van der Waals surface area contributed by atoms with Crippen LogP contribution in [0, 0.1) is 5.92 Å². The highest BCUT2D eigenvalue weighted by atomic mass is 16.1. The molecule has 0 aliphatic carbocycles. The minimum atomic E-state index is -0.198. The predicted molar refractivity (Wildman–Crippen MR) is 76.0 cm³/mol. The lowest BCUT2D eigenvalue weighted by atomic mass is 10.0. The van der Waals surface area contributed by atoms with Crippen LogP contribution < -0.4 is 16.4 Å². The van der Waals surface area contributed by atoms with Gasteiger partial charge in [0, 0.05) is 13.1 Å². The Morgan fingerprint density at radius 1 is 1.37 bits per heavy atom. The Bertz CT molecular complexity index is 379. The molecule has 0 saturated heterocycles. The maximum Gasteiger partial charge on any atom is 0.271 e. The van der Waals surface area contributed by atoms with Crippen LogP contribution in [-0.2, 0) is 0 Å². The molecule has 1 unspecified atom stereocenters. The molecule has 6 nitrogen and oxygen atoms in total. The summed E-state index contributed by atoms with van der Waals surface area (Å²) in [6.45, 7) is 6.11. The Morgan fingerprint density at radius 2 is 2.16 bits per heavy atom. The number of carbonyl (C=O) groups excluding carboxylic acids is 1. The summed E-state index contributed by atoms with van der Waals surface area (Å²) in [4.78, 5) is 11.5. The summed E-state index contributed by atoms with van der Waals surface area (Å²) in [5, 5.41) is 13.8.